The molecule has 0 atom stereocenters. The van der Waals surface area contributed by atoms with Crippen LogP contribution in [0.15, 0.2) is 23.1 Å². The van der Waals surface area contributed by atoms with Crippen molar-refractivity contribution >= 4 is 17.5 Å². The van der Waals surface area contributed by atoms with Crippen LogP contribution in [0.3, 0.4) is 0 Å². The van der Waals surface area contributed by atoms with Crippen LogP contribution in [0, 0.1) is 11.2 Å². The van der Waals surface area contributed by atoms with Crippen molar-refractivity contribution in [1.82, 2.24) is 0 Å². The largest absolute Gasteiger partial charge is 0.446 e. The third kappa shape index (κ3) is 2.85. The maximum Gasteiger partial charge on any atom is 0.446 e. The summed E-state index contributed by atoms with van der Waals surface area (Å²) in [7, 11) is 0. The highest BCUT2D eigenvalue weighted by molar-refractivity contribution is 8.00. The number of thioether (sulfide) groups is 1. The Kier molecular flexibility index (Phi) is 3.17. The summed E-state index contributed by atoms with van der Waals surface area (Å²) in [4.78, 5) is 11.4. The number of benzene rings is 1. The molecule has 0 spiro atoms. The van der Waals surface area contributed by atoms with Crippen LogP contribution in [0.5, 0.6) is 0 Å². The number of carbonyl (C=O) groups is 1. The Morgan fingerprint density at radius 3 is 2.39 bits per heavy atom. The second kappa shape index (κ2) is 4.26. The molecule has 2 rings (SSSR count). The van der Waals surface area contributed by atoms with Crippen molar-refractivity contribution in [3.8, 4) is 0 Å². The monoisotopic (exact) mass is 278 g/mol. The number of hydrogen-bond acceptors (Lipinski definition) is 2. The number of rotatable bonds is 3. The summed E-state index contributed by atoms with van der Waals surface area (Å²) in [5.41, 5.74) is -4.85. The fourth-order valence-corrected chi connectivity index (χ4v) is 2.15. The molecule has 0 N–H and O–H groups in total. The van der Waals surface area contributed by atoms with Gasteiger partial charge in [-0.1, -0.05) is 13.0 Å². The van der Waals surface area contributed by atoms with Crippen molar-refractivity contribution in [3.63, 3.8) is 0 Å². The van der Waals surface area contributed by atoms with Crippen molar-refractivity contribution < 1.29 is 22.4 Å². The van der Waals surface area contributed by atoms with Crippen LogP contribution in [-0.2, 0) is 0 Å². The zero-order valence-corrected chi connectivity index (χ0v) is 10.3. The van der Waals surface area contributed by atoms with Gasteiger partial charge in [-0.05, 0) is 36.7 Å². The van der Waals surface area contributed by atoms with Gasteiger partial charge in [-0.2, -0.15) is 13.2 Å². The zero-order valence-electron chi connectivity index (χ0n) is 9.47. The van der Waals surface area contributed by atoms with E-state index < -0.39 is 33.4 Å². The summed E-state index contributed by atoms with van der Waals surface area (Å²) in [5.74, 6) is -1.21. The first-order valence-electron chi connectivity index (χ1n) is 5.31. The quantitative estimate of drug-likeness (QED) is 0.462. The fourth-order valence-electron chi connectivity index (χ4n) is 1.61. The van der Waals surface area contributed by atoms with Crippen LogP contribution in [0.4, 0.5) is 17.6 Å². The Balaban J connectivity index is 2.22. The van der Waals surface area contributed by atoms with E-state index in [2.05, 4.69) is 0 Å². The average Bonchev–Trinajstić information content (AvgIpc) is 2.98. The fraction of sp³-hybridized carbons (Fsp3) is 0.417. The molecule has 1 aromatic carbocycles. The molecule has 1 aromatic rings. The third-order valence-corrected chi connectivity index (χ3v) is 3.75. The lowest BCUT2D eigenvalue weighted by Crippen LogP contribution is -2.12. The van der Waals surface area contributed by atoms with Gasteiger partial charge in [-0.25, -0.2) is 4.39 Å². The van der Waals surface area contributed by atoms with E-state index >= 15 is 0 Å². The van der Waals surface area contributed by atoms with Crippen molar-refractivity contribution in [2.75, 3.05) is 0 Å². The SMILES string of the molecule is CC1(C(=O)c2ccc(SC(F)(F)F)c(F)c2)CC1. The number of carbonyl (C=O) groups excluding carboxylic acids is 1. The van der Waals surface area contributed by atoms with Crippen LogP contribution in [0.25, 0.3) is 0 Å². The number of halogens is 4. The van der Waals surface area contributed by atoms with Gasteiger partial charge >= 0.3 is 5.51 Å². The molecule has 1 saturated carbocycles. The lowest BCUT2D eigenvalue weighted by molar-refractivity contribution is -0.0329. The van der Waals surface area contributed by atoms with Crippen molar-refractivity contribution in [2.24, 2.45) is 5.41 Å². The molecular formula is C12H10F4OS. The van der Waals surface area contributed by atoms with E-state index in [0.717, 1.165) is 25.0 Å². The van der Waals surface area contributed by atoms with Crippen LogP contribution >= 0.6 is 11.8 Å². The van der Waals surface area contributed by atoms with E-state index in [-0.39, 0.29) is 11.3 Å². The Morgan fingerprint density at radius 1 is 1.33 bits per heavy atom. The lowest BCUT2D eigenvalue weighted by atomic mass is 9.97. The highest BCUT2D eigenvalue weighted by atomic mass is 32.2. The van der Waals surface area contributed by atoms with Gasteiger partial charge in [0.25, 0.3) is 0 Å². The van der Waals surface area contributed by atoms with Gasteiger partial charge in [0.2, 0.25) is 0 Å². The Bertz CT molecular complexity index is 491. The second-order valence-electron chi connectivity index (χ2n) is 4.58. The molecule has 1 fully saturated rings. The predicted octanol–water partition coefficient (Wildman–Crippen LogP) is 4.42. The summed E-state index contributed by atoms with van der Waals surface area (Å²) in [6, 6.07) is 3.15. The van der Waals surface area contributed by atoms with Crippen molar-refractivity contribution in [2.45, 2.75) is 30.2 Å². The Labute approximate surface area is 106 Å². The average molecular weight is 278 g/mol. The van der Waals surface area contributed by atoms with E-state index in [1.807, 2.05) is 0 Å². The summed E-state index contributed by atoms with van der Waals surface area (Å²) in [6.45, 7) is 1.77. The van der Waals surface area contributed by atoms with Gasteiger partial charge in [0.15, 0.2) is 5.78 Å². The molecule has 1 nitrogen and oxygen atoms in total. The minimum Gasteiger partial charge on any atom is -0.294 e. The van der Waals surface area contributed by atoms with Gasteiger partial charge in [-0.3, -0.25) is 4.79 Å². The topological polar surface area (TPSA) is 17.1 Å². The van der Waals surface area contributed by atoms with Crippen LogP contribution < -0.4 is 0 Å². The molecule has 0 aromatic heterocycles. The smallest absolute Gasteiger partial charge is 0.294 e. The first-order chi connectivity index (χ1) is 8.21. The van der Waals surface area contributed by atoms with E-state index in [4.69, 9.17) is 0 Å². The molecule has 0 saturated heterocycles. The third-order valence-electron chi connectivity index (χ3n) is 2.97. The maximum absolute atomic E-state index is 13.5. The van der Waals surface area contributed by atoms with Crippen molar-refractivity contribution in [3.05, 3.63) is 29.6 Å². The van der Waals surface area contributed by atoms with E-state index in [0.29, 0.717) is 0 Å². The first kappa shape index (κ1) is 13.4. The van der Waals surface area contributed by atoms with E-state index in [1.165, 1.54) is 6.07 Å². The predicted molar refractivity (Wildman–Crippen MR) is 60.0 cm³/mol. The highest BCUT2D eigenvalue weighted by Gasteiger charge is 2.45. The maximum atomic E-state index is 13.5. The lowest BCUT2D eigenvalue weighted by Gasteiger charge is -2.10. The zero-order chi connectivity index (χ0) is 13.6. The van der Waals surface area contributed by atoms with Gasteiger partial charge in [-0.15, -0.1) is 0 Å². The van der Waals surface area contributed by atoms with Gasteiger partial charge in [0.1, 0.15) is 5.82 Å². The minimum absolute atomic E-state index is 0.138. The van der Waals surface area contributed by atoms with Crippen LogP contribution in [0.2, 0.25) is 0 Å². The number of Topliss-reactive ketones (excluding diaryl/α,β-unsaturated/α-hetero) is 1. The standard InChI is InChI=1S/C12H10F4OS/c1-11(4-5-11)10(17)7-2-3-9(8(13)6-7)18-12(14,15)16/h2-3,6H,4-5H2,1H3. The molecule has 0 amide bonds. The Hall–Kier alpha value is -1.04. The highest BCUT2D eigenvalue weighted by Crippen LogP contribution is 2.48. The summed E-state index contributed by atoms with van der Waals surface area (Å²) >= 11 is -0.515. The van der Waals surface area contributed by atoms with Crippen molar-refractivity contribution in [1.29, 1.82) is 0 Å². The van der Waals surface area contributed by atoms with E-state index in [9.17, 15) is 22.4 Å². The molecule has 1 aliphatic carbocycles. The Morgan fingerprint density at radius 2 is 1.94 bits per heavy atom. The number of hydrogen-bond donors (Lipinski definition) is 0. The molecular weight excluding hydrogens is 268 g/mol. The number of alkyl halides is 3. The normalized spacial score (nSPS) is 17.6. The van der Waals surface area contributed by atoms with Gasteiger partial charge < -0.3 is 0 Å². The van der Waals surface area contributed by atoms with Crippen LogP contribution in [0.1, 0.15) is 30.1 Å². The summed E-state index contributed by atoms with van der Waals surface area (Å²) in [6.07, 6.45) is 1.49. The summed E-state index contributed by atoms with van der Waals surface area (Å²) in [5, 5.41) is 0. The van der Waals surface area contributed by atoms with Crippen LogP contribution in [-0.4, -0.2) is 11.3 Å². The molecule has 0 radical (unpaired) electrons. The molecule has 0 bridgehead atoms. The van der Waals surface area contributed by atoms with Gasteiger partial charge in [0, 0.05) is 11.0 Å². The first-order valence-corrected chi connectivity index (χ1v) is 6.13. The minimum atomic E-state index is -4.53. The molecule has 0 heterocycles. The second-order valence-corrected chi connectivity index (χ2v) is 5.69. The molecule has 98 valence electrons. The summed E-state index contributed by atoms with van der Waals surface area (Å²) < 4.78 is 49.8. The molecule has 18 heavy (non-hydrogen) atoms. The molecule has 1 aliphatic rings. The molecule has 0 aliphatic heterocycles. The molecule has 0 unspecified atom stereocenters. The van der Waals surface area contributed by atoms with E-state index in [1.54, 1.807) is 6.92 Å². The molecule has 6 heteroatoms. The number of ketones is 1. The van der Waals surface area contributed by atoms with Gasteiger partial charge in [0.05, 0.1) is 4.90 Å².